The first-order valence-corrected chi connectivity index (χ1v) is 11.3. The molecular weight excluding hydrogens is 308 g/mol. The predicted molar refractivity (Wildman–Crippen MR) is 106 cm³/mol. The van der Waals surface area contributed by atoms with E-state index in [0.717, 1.165) is 6.61 Å². The number of benzene rings is 4. The molecule has 4 aromatic rings. The van der Waals surface area contributed by atoms with Crippen LogP contribution < -0.4 is 0 Å². The van der Waals surface area contributed by atoms with Gasteiger partial charge in [-0.25, -0.2) is 0 Å². The van der Waals surface area contributed by atoms with Crippen LogP contribution in [-0.4, -0.2) is 15.6 Å². The van der Waals surface area contributed by atoms with E-state index in [1.54, 1.807) is 0 Å². The molecule has 0 amide bonds. The number of rotatable bonds is 3. The molecule has 1 nitrogen and oxygen atoms in total. The van der Waals surface area contributed by atoms with Gasteiger partial charge in [0.1, 0.15) is 0 Å². The van der Waals surface area contributed by atoms with Gasteiger partial charge in [-0.2, -0.15) is 0 Å². The van der Waals surface area contributed by atoms with Crippen molar-refractivity contribution in [3.05, 3.63) is 60.2 Å². The van der Waals surface area contributed by atoms with Crippen LogP contribution in [0, 0.1) is 0 Å². The van der Waals surface area contributed by atoms with Gasteiger partial charge >= 0.3 is 0 Å². The highest BCUT2D eigenvalue weighted by Gasteiger charge is 2.17. The lowest BCUT2D eigenvalue weighted by Crippen LogP contribution is -2.23. The predicted octanol–water partition coefficient (Wildman–Crippen LogP) is 5.66. The number of aryl methyl sites for hydroxylation is 1. The summed E-state index contributed by atoms with van der Waals surface area (Å²) in [5.41, 5.74) is 1.50. The molecule has 0 spiro atoms. The molecule has 24 heavy (non-hydrogen) atoms. The van der Waals surface area contributed by atoms with Gasteiger partial charge in [0, 0.05) is 6.61 Å². The molecule has 1 unspecified atom stereocenters. The van der Waals surface area contributed by atoms with Crippen LogP contribution >= 0.6 is 0 Å². The van der Waals surface area contributed by atoms with Crippen LogP contribution in [0.5, 0.6) is 0 Å². The Morgan fingerprint density at radius 2 is 1.54 bits per heavy atom. The largest absolute Gasteiger partial charge is 0.420 e. The lowest BCUT2D eigenvalue weighted by molar-refractivity contribution is 0.286. The van der Waals surface area contributed by atoms with Gasteiger partial charge in [-0.1, -0.05) is 61.0 Å². The second-order valence-electron chi connectivity index (χ2n) is 7.11. The first-order chi connectivity index (χ1) is 11.9. The summed E-state index contributed by atoms with van der Waals surface area (Å²) < 4.78 is 6.06. The molecule has 2 heteroatoms. The fraction of sp³-hybridized carbons (Fsp3) is 0.273. The fourth-order valence-electron chi connectivity index (χ4n) is 4.37. The third-order valence-corrected chi connectivity index (χ3v) is 8.32. The van der Waals surface area contributed by atoms with E-state index in [2.05, 4.69) is 54.6 Å². The molecule has 0 aromatic heterocycles. The Bertz CT molecular complexity index is 985. The second kappa shape index (κ2) is 5.87. The van der Waals surface area contributed by atoms with E-state index in [-0.39, 0.29) is 0 Å². The smallest absolute Gasteiger partial charge is 0.177 e. The molecule has 1 atom stereocenters. The first kappa shape index (κ1) is 14.4. The van der Waals surface area contributed by atoms with Crippen molar-refractivity contribution in [1.82, 2.24) is 0 Å². The molecule has 1 fully saturated rings. The average molecular weight is 331 g/mol. The van der Waals surface area contributed by atoms with Crippen molar-refractivity contribution in [1.29, 1.82) is 0 Å². The highest BCUT2D eigenvalue weighted by molar-refractivity contribution is 6.52. The Labute approximate surface area is 144 Å². The fourth-order valence-corrected chi connectivity index (χ4v) is 6.86. The summed E-state index contributed by atoms with van der Waals surface area (Å²) in [7, 11) is -0.948. The monoisotopic (exact) mass is 330 g/mol. The van der Waals surface area contributed by atoms with Crippen molar-refractivity contribution in [3.8, 4) is 0 Å². The molecule has 1 aliphatic rings. The lowest BCUT2D eigenvalue weighted by atomic mass is 9.91. The van der Waals surface area contributed by atoms with Crippen LogP contribution in [0.3, 0.4) is 0 Å². The molecule has 4 aromatic carbocycles. The van der Waals surface area contributed by atoms with Gasteiger partial charge in [-0.05, 0) is 62.8 Å². The highest BCUT2D eigenvalue weighted by Crippen LogP contribution is 2.36. The zero-order valence-electron chi connectivity index (χ0n) is 13.9. The summed E-state index contributed by atoms with van der Waals surface area (Å²) in [5, 5.41) is 8.40. The van der Waals surface area contributed by atoms with Crippen molar-refractivity contribution in [2.24, 2.45) is 0 Å². The summed E-state index contributed by atoms with van der Waals surface area (Å²) in [6.07, 6.45) is 3.82. The van der Waals surface area contributed by atoms with Gasteiger partial charge in [-0.3, -0.25) is 0 Å². The molecular formula is C22H22OSi. The minimum Gasteiger partial charge on any atom is -0.420 e. The highest BCUT2D eigenvalue weighted by atomic mass is 28.3. The molecule has 1 heterocycles. The van der Waals surface area contributed by atoms with Gasteiger partial charge in [0.15, 0.2) is 9.04 Å². The summed E-state index contributed by atoms with van der Waals surface area (Å²) in [6.45, 7) is 1.01. The van der Waals surface area contributed by atoms with Gasteiger partial charge < -0.3 is 4.43 Å². The van der Waals surface area contributed by atoms with E-state index in [4.69, 9.17) is 4.43 Å². The zero-order valence-corrected chi connectivity index (χ0v) is 15.1. The lowest BCUT2D eigenvalue weighted by Gasteiger charge is -2.21. The molecule has 120 valence electrons. The standard InChI is InChI=1S/C22H22OSi/c1-2-14-24(23-13-1)15-12-16-6-7-19-9-8-17-4-3-5-18-10-11-20(16)22(19)21(17)18/h3-11,24H,1-2,12-15H2. The average Bonchev–Trinajstić information content (AvgIpc) is 2.66. The van der Waals surface area contributed by atoms with Crippen molar-refractivity contribution >= 4 is 41.4 Å². The summed E-state index contributed by atoms with van der Waals surface area (Å²) >= 11 is 0. The zero-order chi connectivity index (χ0) is 15.9. The quantitative estimate of drug-likeness (QED) is 0.348. The van der Waals surface area contributed by atoms with Crippen LogP contribution in [0.1, 0.15) is 18.4 Å². The van der Waals surface area contributed by atoms with Gasteiger partial charge in [0.25, 0.3) is 0 Å². The van der Waals surface area contributed by atoms with Crippen molar-refractivity contribution < 1.29 is 4.43 Å². The van der Waals surface area contributed by atoms with Gasteiger partial charge in [-0.15, -0.1) is 0 Å². The maximum atomic E-state index is 6.06. The van der Waals surface area contributed by atoms with Crippen molar-refractivity contribution in [2.45, 2.75) is 31.4 Å². The van der Waals surface area contributed by atoms with E-state index in [1.807, 2.05) is 0 Å². The van der Waals surface area contributed by atoms with Gasteiger partial charge in [0.05, 0.1) is 0 Å². The molecule has 0 saturated carbocycles. The number of hydrogen-bond acceptors (Lipinski definition) is 1. The van der Waals surface area contributed by atoms with Crippen molar-refractivity contribution in [3.63, 3.8) is 0 Å². The molecule has 0 aliphatic carbocycles. The van der Waals surface area contributed by atoms with Crippen LogP contribution in [0.4, 0.5) is 0 Å². The third kappa shape index (κ3) is 2.33. The van der Waals surface area contributed by atoms with Crippen molar-refractivity contribution in [2.75, 3.05) is 6.61 Å². The van der Waals surface area contributed by atoms with E-state index in [1.165, 1.54) is 69.2 Å². The maximum Gasteiger partial charge on any atom is 0.177 e. The van der Waals surface area contributed by atoms with Crippen LogP contribution in [0.2, 0.25) is 12.1 Å². The molecule has 5 rings (SSSR count). The van der Waals surface area contributed by atoms with Crippen LogP contribution in [0.25, 0.3) is 32.3 Å². The molecule has 0 N–H and O–H groups in total. The topological polar surface area (TPSA) is 9.23 Å². The maximum absolute atomic E-state index is 6.06. The minimum absolute atomic E-state index is 0.948. The minimum atomic E-state index is -0.948. The summed E-state index contributed by atoms with van der Waals surface area (Å²) in [5.74, 6) is 0. The van der Waals surface area contributed by atoms with E-state index in [9.17, 15) is 0 Å². The summed E-state index contributed by atoms with van der Waals surface area (Å²) in [4.78, 5) is 0. The van der Waals surface area contributed by atoms with Crippen LogP contribution in [-0.2, 0) is 10.8 Å². The SMILES string of the molecule is c1cc2ccc3ccc(CC[SiH]4CCCCO4)c4ccc(c1)c2c34. The number of hydrogen-bond donors (Lipinski definition) is 0. The second-order valence-corrected chi connectivity index (χ2v) is 9.84. The molecule has 1 aliphatic heterocycles. The van der Waals surface area contributed by atoms with E-state index >= 15 is 0 Å². The van der Waals surface area contributed by atoms with Gasteiger partial charge in [0.2, 0.25) is 0 Å². The summed E-state index contributed by atoms with van der Waals surface area (Å²) in [6, 6.07) is 23.1. The third-order valence-electron chi connectivity index (χ3n) is 5.63. The molecule has 0 bridgehead atoms. The first-order valence-electron chi connectivity index (χ1n) is 9.17. The Morgan fingerprint density at radius 3 is 2.33 bits per heavy atom. The van der Waals surface area contributed by atoms with E-state index < -0.39 is 9.04 Å². The Hall–Kier alpha value is -1.90. The Kier molecular flexibility index (Phi) is 3.53. The van der Waals surface area contributed by atoms with E-state index in [0.29, 0.717) is 0 Å². The molecule has 0 radical (unpaired) electrons. The Balaban J connectivity index is 1.61. The van der Waals surface area contributed by atoms with Crippen LogP contribution in [0.15, 0.2) is 54.6 Å². The normalized spacial score (nSPS) is 18.8. The Morgan fingerprint density at radius 1 is 0.792 bits per heavy atom. The molecule has 1 saturated heterocycles.